The summed E-state index contributed by atoms with van der Waals surface area (Å²) < 4.78 is 27.7. The molecule has 22 heavy (non-hydrogen) atoms. The summed E-state index contributed by atoms with van der Waals surface area (Å²) in [7, 11) is -1.33. The lowest BCUT2D eigenvalue weighted by atomic mass is 10.3. The van der Waals surface area contributed by atoms with Gasteiger partial charge in [0.2, 0.25) is 0 Å². The summed E-state index contributed by atoms with van der Waals surface area (Å²) in [6.07, 6.45) is 4.10. The number of anilines is 1. The molecule has 2 heterocycles. The molecule has 0 spiro atoms. The van der Waals surface area contributed by atoms with E-state index in [0.717, 1.165) is 6.42 Å². The highest BCUT2D eigenvalue weighted by molar-refractivity contribution is 7.91. The van der Waals surface area contributed by atoms with E-state index in [0.29, 0.717) is 25.4 Å². The summed E-state index contributed by atoms with van der Waals surface area (Å²) in [6, 6.07) is -0.145. The number of carbonyl (C=O) groups excluding carboxylic acids is 1. The third-order valence-electron chi connectivity index (χ3n) is 3.28. The van der Waals surface area contributed by atoms with Crippen molar-refractivity contribution in [1.29, 1.82) is 0 Å². The fourth-order valence-corrected chi connectivity index (χ4v) is 3.82. The van der Waals surface area contributed by atoms with E-state index in [9.17, 15) is 13.2 Å². The Morgan fingerprint density at radius 1 is 1.41 bits per heavy atom. The number of ether oxygens (including phenoxy) is 1. The first kappa shape index (κ1) is 16.6. The summed E-state index contributed by atoms with van der Waals surface area (Å²) >= 11 is 0. The van der Waals surface area contributed by atoms with E-state index in [1.807, 2.05) is 0 Å². The van der Waals surface area contributed by atoms with Crippen molar-refractivity contribution in [2.45, 2.75) is 18.9 Å². The van der Waals surface area contributed by atoms with E-state index >= 15 is 0 Å². The van der Waals surface area contributed by atoms with Gasteiger partial charge in [0.1, 0.15) is 11.5 Å². The van der Waals surface area contributed by atoms with Crippen LogP contribution in [0.1, 0.15) is 23.3 Å². The highest BCUT2D eigenvalue weighted by Crippen LogP contribution is 2.15. The molecular weight excluding hydrogens is 308 g/mol. The fraction of sp³-hybridized carbons (Fsp3) is 0.615. The molecule has 1 atom stereocenters. The Bertz CT molecular complexity index is 603. The zero-order valence-corrected chi connectivity index (χ0v) is 13.2. The first-order chi connectivity index (χ1) is 10.5. The number of hydrogen-bond donors (Lipinski definition) is 2. The first-order valence-electron chi connectivity index (χ1n) is 7.06. The van der Waals surface area contributed by atoms with Crippen LogP contribution in [0.4, 0.5) is 5.82 Å². The molecule has 1 aromatic rings. The topological polar surface area (TPSA) is 110 Å². The SMILES string of the molecule is COCCCNC(=O)c1cnc(NC2CCS(=O)(=O)C2)cn1. The summed E-state index contributed by atoms with van der Waals surface area (Å²) in [5.41, 5.74) is 0.224. The Labute approximate surface area is 129 Å². The van der Waals surface area contributed by atoms with Crippen LogP contribution in [0.15, 0.2) is 12.4 Å². The average Bonchev–Trinajstić information content (AvgIpc) is 2.83. The second-order valence-corrected chi connectivity index (χ2v) is 7.36. The second-order valence-electron chi connectivity index (χ2n) is 5.13. The van der Waals surface area contributed by atoms with Gasteiger partial charge in [-0.05, 0) is 12.8 Å². The predicted molar refractivity (Wildman–Crippen MR) is 81.5 cm³/mol. The van der Waals surface area contributed by atoms with Crippen LogP contribution in [0.5, 0.6) is 0 Å². The summed E-state index contributed by atoms with van der Waals surface area (Å²) in [5, 5.41) is 5.74. The molecule has 1 fully saturated rings. The van der Waals surface area contributed by atoms with Gasteiger partial charge in [-0.1, -0.05) is 0 Å². The molecule has 0 aliphatic carbocycles. The monoisotopic (exact) mass is 328 g/mol. The maximum Gasteiger partial charge on any atom is 0.271 e. The van der Waals surface area contributed by atoms with Crippen LogP contribution in [-0.4, -0.2) is 62.1 Å². The largest absolute Gasteiger partial charge is 0.385 e. The lowest BCUT2D eigenvalue weighted by Gasteiger charge is -2.11. The molecule has 122 valence electrons. The van der Waals surface area contributed by atoms with Gasteiger partial charge in [0.05, 0.1) is 23.9 Å². The first-order valence-corrected chi connectivity index (χ1v) is 8.88. The van der Waals surface area contributed by atoms with E-state index in [-0.39, 0.29) is 29.1 Å². The van der Waals surface area contributed by atoms with Gasteiger partial charge >= 0.3 is 0 Å². The molecule has 1 aliphatic rings. The lowest BCUT2D eigenvalue weighted by Crippen LogP contribution is -2.26. The van der Waals surface area contributed by atoms with Gasteiger partial charge in [-0.25, -0.2) is 18.4 Å². The molecule has 2 N–H and O–H groups in total. The highest BCUT2D eigenvalue weighted by Gasteiger charge is 2.27. The number of carbonyl (C=O) groups is 1. The Kier molecular flexibility index (Phi) is 5.67. The number of hydrogen-bond acceptors (Lipinski definition) is 7. The zero-order chi connectivity index (χ0) is 16.0. The molecule has 1 unspecified atom stereocenters. The smallest absolute Gasteiger partial charge is 0.271 e. The minimum absolute atomic E-state index is 0.108. The molecule has 8 nitrogen and oxygen atoms in total. The van der Waals surface area contributed by atoms with Crippen molar-refractivity contribution in [3.63, 3.8) is 0 Å². The molecule has 0 saturated carbocycles. The van der Waals surface area contributed by atoms with Crippen LogP contribution in [0.3, 0.4) is 0 Å². The van der Waals surface area contributed by atoms with Crippen molar-refractivity contribution in [3.8, 4) is 0 Å². The van der Waals surface area contributed by atoms with E-state index < -0.39 is 9.84 Å². The van der Waals surface area contributed by atoms with Gasteiger partial charge in [-0.2, -0.15) is 0 Å². The number of methoxy groups -OCH3 is 1. The Morgan fingerprint density at radius 2 is 2.23 bits per heavy atom. The van der Waals surface area contributed by atoms with Gasteiger partial charge in [0.15, 0.2) is 9.84 Å². The molecule has 1 aliphatic heterocycles. The van der Waals surface area contributed by atoms with Gasteiger partial charge in [-0.3, -0.25) is 4.79 Å². The van der Waals surface area contributed by atoms with E-state index in [4.69, 9.17) is 4.74 Å². The summed E-state index contributed by atoms with van der Waals surface area (Å²) in [5.74, 6) is 0.479. The third kappa shape index (κ3) is 4.92. The van der Waals surface area contributed by atoms with E-state index in [2.05, 4.69) is 20.6 Å². The lowest BCUT2D eigenvalue weighted by molar-refractivity contribution is 0.0943. The molecule has 1 amide bonds. The minimum Gasteiger partial charge on any atom is -0.385 e. The van der Waals surface area contributed by atoms with E-state index in [1.54, 1.807) is 7.11 Å². The molecule has 1 aromatic heterocycles. The Hall–Kier alpha value is -1.74. The maximum absolute atomic E-state index is 11.8. The number of nitrogens with one attached hydrogen (secondary N) is 2. The van der Waals surface area contributed by atoms with Crippen LogP contribution in [0.25, 0.3) is 0 Å². The normalized spacial score (nSPS) is 19.8. The Balaban J connectivity index is 1.83. The number of sulfone groups is 1. The van der Waals surface area contributed by atoms with Crippen molar-refractivity contribution in [3.05, 3.63) is 18.1 Å². The summed E-state index contributed by atoms with van der Waals surface area (Å²) in [4.78, 5) is 19.9. The standard InChI is InChI=1S/C13H20N4O4S/c1-21-5-2-4-14-13(18)11-7-16-12(8-15-11)17-10-3-6-22(19,20)9-10/h7-8,10H,2-6,9H2,1H3,(H,14,18)(H,16,17). The molecule has 9 heteroatoms. The van der Waals surface area contributed by atoms with Crippen molar-refractivity contribution in [2.75, 3.05) is 37.1 Å². The minimum atomic E-state index is -2.94. The van der Waals surface area contributed by atoms with Crippen LogP contribution in [0.2, 0.25) is 0 Å². The highest BCUT2D eigenvalue weighted by atomic mass is 32.2. The van der Waals surface area contributed by atoms with Gasteiger partial charge in [-0.15, -0.1) is 0 Å². The number of rotatable bonds is 7. The predicted octanol–water partition coefficient (Wildman–Crippen LogP) is -0.158. The third-order valence-corrected chi connectivity index (χ3v) is 5.05. The number of amides is 1. The molecule has 2 rings (SSSR count). The maximum atomic E-state index is 11.8. The molecular formula is C13H20N4O4S. The number of aromatic nitrogens is 2. The van der Waals surface area contributed by atoms with Crippen LogP contribution >= 0.6 is 0 Å². The molecule has 0 aromatic carbocycles. The average molecular weight is 328 g/mol. The van der Waals surface area contributed by atoms with E-state index in [1.165, 1.54) is 12.4 Å². The number of nitrogens with zero attached hydrogens (tertiary/aromatic N) is 2. The molecule has 0 radical (unpaired) electrons. The fourth-order valence-electron chi connectivity index (χ4n) is 2.15. The Morgan fingerprint density at radius 3 is 2.82 bits per heavy atom. The van der Waals surface area contributed by atoms with Crippen molar-refractivity contribution >= 4 is 21.6 Å². The zero-order valence-electron chi connectivity index (χ0n) is 12.4. The van der Waals surface area contributed by atoms with Crippen LogP contribution in [0, 0.1) is 0 Å². The molecule has 0 bridgehead atoms. The van der Waals surface area contributed by atoms with Crippen LogP contribution < -0.4 is 10.6 Å². The summed E-state index contributed by atoms with van der Waals surface area (Å²) in [6.45, 7) is 1.09. The van der Waals surface area contributed by atoms with Crippen LogP contribution in [-0.2, 0) is 14.6 Å². The van der Waals surface area contributed by atoms with Gasteiger partial charge in [0.25, 0.3) is 5.91 Å². The van der Waals surface area contributed by atoms with Gasteiger partial charge in [0, 0.05) is 26.3 Å². The van der Waals surface area contributed by atoms with Crippen molar-refractivity contribution in [1.82, 2.24) is 15.3 Å². The molecule has 1 saturated heterocycles. The van der Waals surface area contributed by atoms with Crippen molar-refractivity contribution in [2.24, 2.45) is 0 Å². The van der Waals surface area contributed by atoms with Crippen molar-refractivity contribution < 1.29 is 17.9 Å². The van der Waals surface area contributed by atoms with Gasteiger partial charge < -0.3 is 15.4 Å². The quantitative estimate of drug-likeness (QED) is 0.669. The second kappa shape index (κ2) is 7.50.